The van der Waals surface area contributed by atoms with Gasteiger partial charge in [-0.15, -0.1) is 11.8 Å². The van der Waals surface area contributed by atoms with Crippen LogP contribution in [0.4, 0.5) is 0 Å². The molecule has 1 atom stereocenters. The number of ether oxygens (including phenoxy) is 2. The number of carbonyl (C=O) groups excluding carboxylic acids is 1. The molecule has 10 heteroatoms. The minimum absolute atomic E-state index is 0.0758. The van der Waals surface area contributed by atoms with Crippen LogP contribution in [0.15, 0.2) is 66.8 Å². The summed E-state index contributed by atoms with van der Waals surface area (Å²) in [5.41, 5.74) is 1.70. The number of aromatic hydroxyl groups is 1. The highest BCUT2D eigenvalue weighted by molar-refractivity contribution is 9.10. The molecule has 0 aliphatic carbocycles. The van der Waals surface area contributed by atoms with E-state index in [4.69, 9.17) is 9.47 Å². The topological polar surface area (TPSA) is 90.1 Å². The zero-order valence-corrected chi connectivity index (χ0v) is 23.6. The minimum Gasteiger partial charge on any atom is -0.504 e. The lowest BCUT2D eigenvalue weighted by Crippen LogP contribution is -2.40. The first-order valence-electron chi connectivity index (χ1n) is 11.1. The second-order valence-electron chi connectivity index (χ2n) is 8.35. The molecule has 0 radical (unpaired) electrons. The molecule has 0 spiro atoms. The van der Waals surface area contributed by atoms with Gasteiger partial charge in [0.15, 0.2) is 16.3 Å². The van der Waals surface area contributed by atoms with Gasteiger partial charge in [-0.05, 0) is 62.9 Å². The number of rotatable bonds is 6. The number of phenolic OH excluding ortho intramolecular Hbond substituents is 1. The van der Waals surface area contributed by atoms with Crippen LogP contribution in [-0.2, 0) is 9.53 Å². The fourth-order valence-electron chi connectivity index (χ4n) is 3.96. The van der Waals surface area contributed by atoms with Crippen molar-refractivity contribution < 1.29 is 19.4 Å². The van der Waals surface area contributed by atoms with E-state index in [1.54, 1.807) is 50.7 Å². The number of hydrogen-bond donors (Lipinski definition) is 1. The summed E-state index contributed by atoms with van der Waals surface area (Å²) >= 11 is 6.21. The molecule has 4 rings (SSSR count). The zero-order chi connectivity index (χ0) is 26.1. The summed E-state index contributed by atoms with van der Waals surface area (Å²) in [5, 5.41) is 10.6. The number of carbonyl (C=O) groups is 1. The smallest absolute Gasteiger partial charge is 0.338 e. The van der Waals surface area contributed by atoms with Crippen molar-refractivity contribution in [3.63, 3.8) is 0 Å². The molecule has 0 saturated carbocycles. The molecule has 0 saturated heterocycles. The monoisotopic (exact) mass is 588 g/mol. The number of nitrogens with zero attached hydrogens (tertiary/aromatic N) is 2. The van der Waals surface area contributed by atoms with Gasteiger partial charge in [0, 0.05) is 14.9 Å². The van der Waals surface area contributed by atoms with E-state index in [0.717, 1.165) is 10.5 Å². The van der Waals surface area contributed by atoms with Gasteiger partial charge in [-0.1, -0.05) is 39.4 Å². The Bertz CT molecular complexity index is 1540. The molecule has 2 aromatic carbocycles. The molecule has 0 amide bonds. The van der Waals surface area contributed by atoms with Crippen molar-refractivity contribution in [3.8, 4) is 11.5 Å². The Hall–Kier alpha value is -2.82. The van der Waals surface area contributed by atoms with Crippen molar-refractivity contribution in [1.29, 1.82) is 0 Å². The Morgan fingerprint density at radius 3 is 2.58 bits per heavy atom. The molecule has 1 aromatic heterocycles. The van der Waals surface area contributed by atoms with E-state index in [1.807, 2.05) is 30.5 Å². The number of thioether (sulfide) groups is 1. The van der Waals surface area contributed by atoms with Crippen LogP contribution in [0.2, 0.25) is 0 Å². The van der Waals surface area contributed by atoms with Gasteiger partial charge >= 0.3 is 5.97 Å². The predicted molar refractivity (Wildman–Crippen MR) is 146 cm³/mol. The summed E-state index contributed by atoms with van der Waals surface area (Å²) in [6, 6.07) is 10.4. The van der Waals surface area contributed by atoms with Crippen LogP contribution in [0.5, 0.6) is 11.5 Å². The lowest BCUT2D eigenvalue weighted by molar-refractivity contribution is -0.143. The van der Waals surface area contributed by atoms with Crippen LogP contribution in [0.3, 0.4) is 0 Å². The first kappa shape index (κ1) is 26.2. The highest BCUT2D eigenvalue weighted by Gasteiger charge is 2.33. The van der Waals surface area contributed by atoms with Gasteiger partial charge < -0.3 is 14.6 Å². The minimum atomic E-state index is -0.698. The van der Waals surface area contributed by atoms with Crippen LogP contribution < -0.4 is 19.6 Å². The van der Waals surface area contributed by atoms with E-state index < -0.39 is 12.0 Å². The normalized spacial score (nSPS) is 15.6. The second kappa shape index (κ2) is 10.7. The first-order valence-corrected chi connectivity index (χ1v) is 13.9. The Morgan fingerprint density at radius 1 is 1.28 bits per heavy atom. The molecule has 1 aliphatic heterocycles. The van der Waals surface area contributed by atoms with Crippen LogP contribution in [0, 0.1) is 0 Å². The first-order chi connectivity index (χ1) is 17.1. The summed E-state index contributed by atoms with van der Waals surface area (Å²) in [4.78, 5) is 33.1. The Balaban J connectivity index is 1.96. The maximum absolute atomic E-state index is 13.8. The van der Waals surface area contributed by atoms with Gasteiger partial charge in [0.2, 0.25) is 0 Å². The van der Waals surface area contributed by atoms with Crippen LogP contribution in [0.25, 0.3) is 6.08 Å². The second-order valence-corrected chi connectivity index (χ2v) is 11.2. The van der Waals surface area contributed by atoms with Gasteiger partial charge in [0.1, 0.15) is 0 Å². The number of benzene rings is 2. The van der Waals surface area contributed by atoms with Gasteiger partial charge in [0.05, 0.1) is 35.1 Å². The molecule has 1 N–H and O–H groups in total. The summed E-state index contributed by atoms with van der Waals surface area (Å²) in [5.74, 6) is -0.299. The molecular formula is C26H25BrN2O5S2. The lowest BCUT2D eigenvalue weighted by Gasteiger charge is -2.25. The van der Waals surface area contributed by atoms with E-state index in [-0.39, 0.29) is 23.2 Å². The zero-order valence-electron chi connectivity index (χ0n) is 20.4. The largest absolute Gasteiger partial charge is 0.504 e. The number of hydrogen-bond acceptors (Lipinski definition) is 8. The van der Waals surface area contributed by atoms with Gasteiger partial charge in [-0.3, -0.25) is 9.36 Å². The quantitative estimate of drug-likeness (QED) is 0.339. The average molecular weight is 590 g/mol. The molecule has 1 unspecified atom stereocenters. The Kier molecular flexibility index (Phi) is 7.77. The van der Waals surface area contributed by atoms with Gasteiger partial charge in [-0.25, -0.2) is 9.79 Å². The van der Waals surface area contributed by atoms with E-state index in [0.29, 0.717) is 30.6 Å². The van der Waals surface area contributed by atoms with Crippen molar-refractivity contribution >= 4 is 51.1 Å². The molecule has 0 bridgehead atoms. The number of allylic oxidation sites excluding steroid dienone is 1. The summed E-state index contributed by atoms with van der Waals surface area (Å²) in [7, 11) is 1.46. The number of methoxy groups -OCH3 is 1. The maximum atomic E-state index is 13.8. The van der Waals surface area contributed by atoms with Crippen molar-refractivity contribution in [3.05, 3.63) is 83.0 Å². The predicted octanol–water partition coefficient (Wildman–Crippen LogP) is 4.39. The molecule has 36 heavy (non-hydrogen) atoms. The standard InChI is InChI=1S/C26H25BrN2O5S2/c1-13(2)34-25(32)21-14(3)28-26-29(22(21)15-6-8-18(35-5)9-7-15)24(31)20(36-26)11-16-10-17(27)12-19(33-4)23(16)30/h6-13,22,30H,1-5H3/b20-11+. The van der Waals surface area contributed by atoms with Crippen molar-refractivity contribution in [2.75, 3.05) is 13.4 Å². The number of halogens is 1. The van der Waals surface area contributed by atoms with Crippen LogP contribution in [-0.4, -0.2) is 35.1 Å². The molecule has 1 aliphatic rings. The molecule has 0 fully saturated rings. The van der Waals surface area contributed by atoms with Crippen molar-refractivity contribution in [2.24, 2.45) is 4.99 Å². The third-order valence-corrected chi connectivity index (χ3v) is 7.78. The summed E-state index contributed by atoms with van der Waals surface area (Å²) in [6.45, 7) is 5.32. The van der Waals surface area contributed by atoms with Gasteiger partial charge in [0.25, 0.3) is 5.56 Å². The molecular weight excluding hydrogens is 564 g/mol. The molecule has 2 heterocycles. The third kappa shape index (κ3) is 5.02. The Labute approximate surface area is 224 Å². The number of thiazole rings is 1. The lowest BCUT2D eigenvalue weighted by atomic mass is 9.96. The van der Waals surface area contributed by atoms with E-state index in [9.17, 15) is 14.7 Å². The highest BCUT2D eigenvalue weighted by Crippen LogP contribution is 2.34. The van der Waals surface area contributed by atoms with Crippen LogP contribution >= 0.6 is 39.0 Å². The van der Waals surface area contributed by atoms with Crippen molar-refractivity contribution in [1.82, 2.24) is 4.57 Å². The molecule has 7 nitrogen and oxygen atoms in total. The van der Waals surface area contributed by atoms with E-state index in [1.165, 1.54) is 23.0 Å². The Morgan fingerprint density at radius 2 is 1.97 bits per heavy atom. The highest BCUT2D eigenvalue weighted by atomic mass is 79.9. The van der Waals surface area contributed by atoms with E-state index >= 15 is 0 Å². The fraction of sp³-hybridized carbons (Fsp3) is 0.269. The fourth-order valence-corrected chi connectivity index (χ4v) is 5.86. The number of phenols is 1. The SMILES string of the molecule is COc1cc(Br)cc(/C=c2/sc3n(c2=O)C(c2ccc(SC)cc2)C(C(=O)OC(C)C)=C(C)N=3)c1O. The maximum Gasteiger partial charge on any atom is 0.338 e. The van der Waals surface area contributed by atoms with Crippen LogP contribution in [0.1, 0.15) is 37.9 Å². The van der Waals surface area contributed by atoms with Gasteiger partial charge in [-0.2, -0.15) is 0 Å². The number of esters is 1. The summed E-state index contributed by atoms with van der Waals surface area (Å²) < 4.78 is 13.4. The third-order valence-electron chi connectivity index (χ3n) is 5.59. The number of fused-ring (bicyclic) bond motifs is 1. The number of aromatic nitrogens is 1. The van der Waals surface area contributed by atoms with E-state index in [2.05, 4.69) is 20.9 Å². The van der Waals surface area contributed by atoms with Crippen molar-refractivity contribution in [2.45, 2.75) is 37.8 Å². The molecule has 3 aromatic rings. The summed E-state index contributed by atoms with van der Waals surface area (Å²) in [6.07, 6.45) is 3.27. The molecule has 188 valence electrons. The average Bonchev–Trinajstić information content (AvgIpc) is 3.14.